The quantitative estimate of drug-likeness (QED) is 0.782. The fourth-order valence-corrected chi connectivity index (χ4v) is 2.86. The Morgan fingerprint density at radius 3 is 2.56 bits per heavy atom. The van der Waals surface area contributed by atoms with E-state index in [1.807, 2.05) is 6.07 Å². The first kappa shape index (κ1) is 13.4. The van der Waals surface area contributed by atoms with Crippen molar-refractivity contribution in [3.8, 4) is 5.75 Å². The molecule has 1 aliphatic heterocycles. The van der Waals surface area contributed by atoms with Crippen LogP contribution in [0.4, 0.5) is 0 Å². The molecule has 18 heavy (non-hydrogen) atoms. The highest BCUT2D eigenvalue weighted by Gasteiger charge is 2.29. The van der Waals surface area contributed by atoms with Crippen LogP contribution in [0.1, 0.15) is 44.7 Å². The third kappa shape index (κ3) is 2.69. The number of nitrogens with zero attached hydrogens (tertiary/aromatic N) is 1. The van der Waals surface area contributed by atoms with Crippen molar-refractivity contribution in [3.63, 3.8) is 0 Å². The van der Waals surface area contributed by atoms with E-state index in [1.165, 1.54) is 37.4 Å². The summed E-state index contributed by atoms with van der Waals surface area (Å²) in [7, 11) is 1.77. The van der Waals surface area contributed by atoms with Gasteiger partial charge in [-0.2, -0.15) is 0 Å². The van der Waals surface area contributed by atoms with Gasteiger partial charge in [0, 0.05) is 11.6 Å². The standard InChI is InChI=1S/C16H24NO/c1-4-13(2)16(17-11-7-8-12-17)14-9-5-6-10-15(14)18-3/h5-6,9-10,16H,4,7-8,11-12H2,1-3H3. The Bertz CT molecular complexity index is 371. The van der Waals surface area contributed by atoms with Gasteiger partial charge in [-0.1, -0.05) is 32.0 Å². The van der Waals surface area contributed by atoms with Gasteiger partial charge in [0.1, 0.15) is 5.75 Å². The Labute approximate surface area is 111 Å². The number of methoxy groups -OCH3 is 1. The number of para-hydroxylation sites is 1. The van der Waals surface area contributed by atoms with Crippen LogP contribution < -0.4 is 4.74 Å². The maximum Gasteiger partial charge on any atom is 0.123 e. The fraction of sp³-hybridized carbons (Fsp3) is 0.562. The Hall–Kier alpha value is -1.02. The molecule has 0 aliphatic carbocycles. The van der Waals surface area contributed by atoms with E-state index in [2.05, 4.69) is 36.9 Å². The molecule has 99 valence electrons. The van der Waals surface area contributed by atoms with Crippen LogP contribution in [0.3, 0.4) is 0 Å². The van der Waals surface area contributed by atoms with Crippen molar-refractivity contribution in [2.24, 2.45) is 0 Å². The summed E-state index contributed by atoms with van der Waals surface area (Å²) >= 11 is 0. The first-order chi connectivity index (χ1) is 8.77. The lowest BCUT2D eigenvalue weighted by molar-refractivity contribution is 0.245. The Morgan fingerprint density at radius 1 is 1.28 bits per heavy atom. The minimum atomic E-state index is 0.425. The molecule has 0 bridgehead atoms. The van der Waals surface area contributed by atoms with Gasteiger partial charge in [0.15, 0.2) is 0 Å². The molecule has 1 unspecified atom stereocenters. The number of rotatable bonds is 5. The van der Waals surface area contributed by atoms with E-state index in [-0.39, 0.29) is 0 Å². The lowest BCUT2D eigenvalue weighted by atomic mass is 9.90. The second kappa shape index (κ2) is 6.24. The maximum atomic E-state index is 5.54. The van der Waals surface area contributed by atoms with E-state index in [0.717, 1.165) is 12.2 Å². The highest BCUT2D eigenvalue weighted by Crippen LogP contribution is 2.38. The van der Waals surface area contributed by atoms with Crippen LogP contribution in [0.5, 0.6) is 5.75 Å². The molecule has 1 aromatic rings. The molecular weight excluding hydrogens is 222 g/mol. The molecule has 2 heteroatoms. The summed E-state index contributed by atoms with van der Waals surface area (Å²) in [6.07, 6.45) is 3.77. The number of hydrogen-bond donors (Lipinski definition) is 0. The SMILES string of the molecule is CC[C](C)C(c1ccccc1OC)N1CCCC1. The zero-order chi connectivity index (χ0) is 13.0. The smallest absolute Gasteiger partial charge is 0.123 e. The van der Waals surface area contributed by atoms with Gasteiger partial charge in [-0.05, 0) is 44.3 Å². The van der Waals surface area contributed by atoms with Crippen LogP contribution >= 0.6 is 0 Å². The molecule has 2 rings (SSSR count). The van der Waals surface area contributed by atoms with E-state index in [9.17, 15) is 0 Å². The lowest BCUT2D eigenvalue weighted by Gasteiger charge is -2.33. The van der Waals surface area contributed by atoms with Crippen molar-refractivity contribution >= 4 is 0 Å². The van der Waals surface area contributed by atoms with Crippen LogP contribution in [0.15, 0.2) is 24.3 Å². The van der Waals surface area contributed by atoms with Gasteiger partial charge in [0.25, 0.3) is 0 Å². The molecule has 1 radical (unpaired) electrons. The molecule has 1 aliphatic rings. The minimum Gasteiger partial charge on any atom is -0.496 e. The molecule has 1 saturated heterocycles. The lowest BCUT2D eigenvalue weighted by Crippen LogP contribution is -2.29. The third-order valence-corrected chi connectivity index (χ3v) is 3.96. The van der Waals surface area contributed by atoms with Gasteiger partial charge >= 0.3 is 0 Å². The number of likely N-dealkylation sites (tertiary alicyclic amines) is 1. The summed E-state index contributed by atoms with van der Waals surface area (Å²) < 4.78 is 5.54. The molecule has 0 amide bonds. The number of benzene rings is 1. The summed E-state index contributed by atoms with van der Waals surface area (Å²) in [5, 5.41) is 0. The van der Waals surface area contributed by atoms with Crippen molar-refractivity contribution in [2.45, 2.75) is 39.2 Å². The molecule has 1 fully saturated rings. The van der Waals surface area contributed by atoms with Crippen LogP contribution in [-0.4, -0.2) is 25.1 Å². The van der Waals surface area contributed by atoms with Crippen molar-refractivity contribution in [3.05, 3.63) is 35.7 Å². The van der Waals surface area contributed by atoms with E-state index in [1.54, 1.807) is 7.11 Å². The highest BCUT2D eigenvalue weighted by molar-refractivity contribution is 5.38. The maximum absolute atomic E-state index is 5.54. The second-order valence-electron chi connectivity index (χ2n) is 5.09. The van der Waals surface area contributed by atoms with Gasteiger partial charge in [0.05, 0.1) is 7.11 Å². The first-order valence-electron chi connectivity index (χ1n) is 6.97. The molecule has 2 nitrogen and oxygen atoms in total. The average Bonchev–Trinajstić information content (AvgIpc) is 2.93. The van der Waals surface area contributed by atoms with Gasteiger partial charge in [0.2, 0.25) is 0 Å². The summed E-state index contributed by atoms with van der Waals surface area (Å²) in [5.74, 6) is 2.55. The van der Waals surface area contributed by atoms with Gasteiger partial charge in [-0.25, -0.2) is 0 Å². The Balaban J connectivity index is 2.32. The van der Waals surface area contributed by atoms with Crippen molar-refractivity contribution in [2.75, 3.05) is 20.2 Å². The number of ether oxygens (including phenoxy) is 1. The van der Waals surface area contributed by atoms with Crippen LogP contribution in [0, 0.1) is 5.92 Å². The Kier molecular flexibility index (Phi) is 4.65. The average molecular weight is 246 g/mol. The fourth-order valence-electron chi connectivity index (χ4n) is 2.86. The molecule has 1 aromatic carbocycles. The Morgan fingerprint density at radius 2 is 1.94 bits per heavy atom. The molecule has 1 atom stereocenters. The summed E-state index contributed by atoms with van der Waals surface area (Å²) in [4.78, 5) is 2.59. The molecular formula is C16H24NO. The van der Waals surface area contributed by atoms with Crippen molar-refractivity contribution in [1.29, 1.82) is 0 Å². The van der Waals surface area contributed by atoms with Crippen LogP contribution in [0.2, 0.25) is 0 Å². The topological polar surface area (TPSA) is 12.5 Å². The van der Waals surface area contributed by atoms with Gasteiger partial charge in [-0.15, -0.1) is 0 Å². The van der Waals surface area contributed by atoms with Gasteiger partial charge in [-0.3, -0.25) is 4.90 Å². The summed E-state index contributed by atoms with van der Waals surface area (Å²) in [5.41, 5.74) is 1.32. The zero-order valence-electron chi connectivity index (χ0n) is 11.8. The normalized spacial score (nSPS) is 18.2. The zero-order valence-corrected chi connectivity index (χ0v) is 11.8. The molecule has 0 spiro atoms. The van der Waals surface area contributed by atoms with Crippen LogP contribution in [0.25, 0.3) is 0 Å². The molecule has 0 saturated carbocycles. The van der Waals surface area contributed by atoms with E-state index < -0.39 is 0 Å². The molecule has 1 heterocycles. The van der Waals surface area contributed by atoms with Crippen molar-refractivity contribution in [1.82, 2.24) is 4.90 Å². The second-order valence-corrected chi connectivity index (χ2v) is 5.09. The third-order valence-electron chi connectivity index (χ3n) is 3.96. The monoisotopic (exact) mass is 246 g/mol. The van der Waals surface area contributed by atoms with E-state index in [0.29, 0.717) is 6.04 Å². The number of hydrogen-bond acceptors (Lipinski definition) is 2. The summed E-state index contributed by atoms with van der Waals surface area (Å²) in [6, 6.07) is 8.87. The minimum absolute atomic E-state index is 0.425. The van der Waals surface area contributed by atoms with E-state index in [4.69, 9.17) is 4.74 Å². The first-order valence-corrected chi connectivity index (χ1v) is 6.97. The van der Waals surface area contributed by atoms with E-state index >= 15 is 0 Å². The highest BCUT2D eigenvalue weighted by atomic mass is 16.5. The predicted molar refractivity (Wildman–Crippen MR) is 75.8 cm³/mol. The van der Waals surface area contributed by atoms with Crippen molar-refractivity contribution < 1.29 is 4.74 Å². The molecule has 0 aromatic heterocycles. The van der Waals surface area contributed by atoms with Crippen LogP contribution in [-0.2, 0) is 0 Å². The predicted octanol–water partition coefficient (Wildman–Crippen LogP) is 3.84. The molecule has 0 N–H and O–H groups in total. The summed E-state index contributed by atoms with van der Waals surface area (Å²) in [6.45, 7) is 6.93. The largest absolute Gasteiger partial charge is 0.496 e. The van der Waals surface area contributed by atoms with Gasteiger partial charge < -0.3 is 4.74 Å².